The second-order valence-corrected chi connectivity index (χ2v) is 10.2. The number of allylic oxidation sites excluding steroid dienone is 1. The van der Waals surface area contributed by atoms with Crippen LogP contribution in [0.5, 0.6) is 11.5 Å². The molecule has 39 heavy (non-hydrogen) atoms. The third kappa shape index (κ3) is 5.10. The fourth-order valence-electron chi connectivity index (χ4n) is 5.01. The van der Waals surface area contributed by atoms with Gasteiger partial charge >= 0.3 is 5.97 Å². The highest BCUT2D eigenvalue weighted by Crippen LogP contribution is 2.37. The van der Waals surface area contributed by atoms with Gasteiger partial charge in [-0.25, -0.2) is 9.78 Å². The summed E-state index contributed by atoms with van der Waals surface area (Å²) in [6.07, 6.45) is 4.35. The van der Waals surface area contributed by atoms with Crippen LogP contribution in [-0.2, 0) is 11.2 Å². The Morgan fingerprint density at radius 2 is 1.74 bits per heavy atom. The van der Waals surface area contributed by atoms with Crippen molar-refractivity contribution in [1.29, 1.82) is 0 Å². The summed E-state index contributed by atoms with van der Waals surface area (Å²) >= 11 is 12.3. The normalized spacial score (nSPS) is 15.2. The molecule has 0 amide bonds. The number of Topliss-reactive ketones (excluding diaryl/α,β-unsaturated/α-hetero) is 1. The first kappa shape index (κ1) is 25.4. The lowest BCUT2D eigenvalue weighted by atomic mass is 9.86. The monoisotopic (exact) mass is 559 g/mol. The van der Waals surface area contributed by atoms with Crippen LogP contribution in [0.25, 0.3) is 22.6 Å². The van der Waals surface area contributed by atoms with Gasteiger partial charge in [-0.3, -0.25) is 4.79 Å². The lowest BCUT2D eigenvalue weighted by Crippen LogP contribution is -2.19. The Morgan fingerprint density at radius 3 is 2.59 bits per heavy atom. The number of para-hydroxylation sites is 1. The summed E-state index contributed by atoms with van der Waals surface area (Å²) in [5.41, 5.74) is 5.01. The van der Waals surface area contributed by atoms with Gasteiger partial charge in [-0.1, -0.05) is 47.5 Å². The van der Waals surface area contributed by atoms with Gasteiger partial charge < -0.3 is 14.2 Å². The van der Waals surface area contributed by atoms with Gasteiger partial charge in [0.05, 0.1) is 26.8 Å². The van der Waals surface area contributed by atoms with Crippen molar-refractivity contribution >= 4 is 57.5 Å². The highest BCUT2D eigenvalue weighted by Gasteiger charge is 2.27. The summed E-state index contributed by atoms with van der Waals surface area (Å²) in [6, 6.07) is 17.9. The van der Waals surface area contributed by atoms with Crippen LogP contribution >= 0.6 is 23.2 Å². The minimum Gasteiger partial charge on any atom is -0.486 e. The van der Waals surface area contributed by atoms with Crippen LogP contribution in [0, 0.1) is 0 Å². The third-order valence-corrected chi connectivity index (χ3v) is 7.60. The van der Waals surface area contributed by atoms with Crippen molar-refractivity contribution in [2.45, 2.75) is 19.3 Å². The number of benzene rings is 3. The standard InChI is InChI=1S/C31H23Cl2NO5/c32-23-10-8-18(15-24(23)33)14-20-4-3-6-22-29(21-5-1-2-7-25(21)34-30(20)22)31(36)39-17-26(35)19-9-11-27-28(16-19)38-13-12-37-27/h1-2,5,7-11,14-16H,3-4,6,12-13,17H2. The molecule has 0 saturated carbocycles. The Labute approximate surface area is 235 Å². The molecule has 2 aliphatic rings. The van der Waals surface area contributed by atoms with E-state index in [4.69, 9.17) is 42.4 Å². The molecule has 8 heteroatoms. The molecule has 0 N–H and O–H groups in total. The highest BCUT2D eigenvalue weighted by atomic mass is 35.5. The largest absolute Gasteiger partial charge is 0.486 e. The van der Waals surface area contributed by atoms with Crippen molar-refractivity contribution in [3.63, 3.8) is 0 Å². The maximum absolute atomic E-state index is 13.5. The van der Waals surface area contributed by atoms with Crippen LogP contribution in [0.3, 0.4) is 0 Å². The topological polar surface area (TPSA) is 74.7 Å². The van der Waals surface area contributed by atoms with Crippen molar-refractivity contribution < 1.29 is 23.8 Å². The summed E-state index contributed by atoms with van der Waals surface area (Å²) in [6.45, 7) is 0.490. The number of ketones is 1. The molecule has 196 valence electrons. The first-order valence-electron chi connectivity index (χ1n) is 12.7. The summed E-state index contributed by atoms with van der Waals surface area (Å²) < 4.78 is 16.7. The Bertz CT molecular complexity index is 1660. The molecule has 1 aromatic heterocycles. The number of hydrogen-bond donors (Lipinski definition) is 0. The fourth-order valence-corrected chi connectivity index (χ4v) is 5.32. The smallest absolute Gasteiger partial charge is 0.339 e. The average Bonchev–Trinajstić information content (AvgIpc) is 2.96. The molecule has 3 aromatic carbocycles. The van der Waals surface area contributed by atoms with Gasteiger partial charge in [0.15, 0.2) is 23.9 Å². The molecule has 0 saturated heterocycles. The van der Waals surface area contributed by atoms with Gasteiger partial charge in [0.1, 0.15) is 13.2 Å². The van der Waals surface area contributed by atoms with Crippen LogP contribution in [0.1, 0.15) is 50.4 Å². The second-order valence-electron chi connectivity index (χ2n) is 9.39. The van der Waals surface area contributed by atoms with E-state index in [9.17, 15) is 9.59 Å². The summed E-state index contributed by atoms with van der Waals surface area (Å²) in [4.78, 5) is 31.4. The summed E-state index contributed by atoms with van der Waals surface area (Å²) in [5.74, 6) is 0.225. The van der Waals surface area contributed by atoms with Crippen LogP contribution in [-0.4, -0.2) is 36.6 Å². The average molecular weight is 560 g/mol. The van der Waals surface area contributed by atoms with E-state index in [0.717, 1.165) is 35.2 Å². The number of pyridine rings is 1. The zero-order chi connectivity index (χ0) is 26.9. The van der Waals surface area contributed by atoms with Crippen LogP contribution < -0.4 is 9.47 Å². The quantitative estimate of drug-likeness (QED) is 0.189. The van der Waals surface area contributed by atoms with Gasteiger partial charge in [0, 0.05) is 10.9 Å². The zero-order valence-corrected chi connectivity index (χ0v) is 22.3. The number of esters is 1. The van der Waals surface area contributed by atoms with Crippen molar-refractivity contribution in [2.75, 3.05) is 19.8 Å². The Kier molecular flexibility index (Phi) is 6.98. The lowest BCUT2D eigenvalue weighted by Gasteiger charge is -2.22. The van der Waals surface area contributed by atoms with Gasteiger partial charge in [0.2, 0.25) is 0 Å². The molecule has 4 aromatic rings. The van der Waals surface area contributed by atoms with Crippen LogP contribution in [0.2, 0.25) is 10.0 Å². The second kappa shape index (κ2) is 10.7. The number of carbonyl (C=O) groups is 2. The Morgan fingerprint density at radius 1 is 0.923 bits per heavy atom. The molecule has 0 spiro atoms. The molecule has 0 bridgehead atoms. The van der Waals surface area contributed by atoms with Crippen LogP contribution in [0.15, 0.2) is 60.7 Å². The Balaban J connectivity index is 1.32. The maximum Gasteiger partial charge on any atom is 0.339 e. The number of fused-ring (bicyclic) bond motifs is 3. The zero-order valence-electron chi connectivity index (χ0n) is 20.8. The number of carbonyl (C=O) groups excluding carboxylic acids is 2. The predicted molar refractivity (Wildman–Crippen MR) is 151 cm³/mol. The van der Waals surface area contributed by atoms with E-state index in [1.54, 1.807) is 24.3 Å². The van der Waals surface area contributed by atoms with E-state index in [2.05, 4.69) is 0 Å². The van der Waals surface area contributed by atoms with E-state index in [-0.39, 0.29) is 5.78 Å². The molecule has 2 heterocycles. The molecule has 6 rings (SSSR count). The molecule has 0 radical (unpaired) electrons. The molecule has 0 unspecified atom stereocenters. The summed E-state index contributed by atoms with van der Waals surface area (Å²) in [5, 5.41) is 1.66. The molecule has 1 aliphatic carbocycles. The van der Waals surface area contributed by atoms with Crippen LogP contribution in [0.4, 0.5) is 0 Å². The van der Waals surface area contributed by atoms with E-state index in [0.29, 0.717) is 63.2 Å². The predicted octanol–water partition coefficient (Wildman–Crippen LogP) is 7.23. The molecule has 0 fully saturated rings. The fraction of sp³-hybridized carbons (Fsp3) is 0.194. The maximum atomic E-state index is 13.5. The minimum absolute atomic E-state index is 0.326. The number of halogens is 2. The van der Waals surface area contributed by atoms with E-state index in [1.165, 1.54) is 0 Å². The lowest BCUT2D eigenvalue weighted by molar-refractivity contribution is 0.0475. The van der Waals surface area contributed by atoms with Crippen molar-refractivity contribution in [3.05, 3.63) is 98.7 Å². The van der Waals surface area contributed by atoms with Crippen molar-refractivity contribution in [2.24, 2.45) is 0 Å². The first-order chi connectivity index (χ1) is 19.0. The first-order valence-corrected chi connectivity index (χ1v) is 13.4. The van der Waals surface area contributed by atoms with E-state index >= 15 is 0 Å². The van der Waals surface area contributed by atoms with Gasteiger partial charge in [-0.2, -0.15) is 0 Å². The number of hydrogen-bond acceptors (Lipinski definition) is 6. The summed E-state index contributed by atoms with van der Waals surface area (Å²) in [7, 11) is 0. The molecular weight excluding hydrogens is 537 g/mol. The molecule has 1 aliphatic heterocycles. The van der Waals surface area contributed by atoms with E-state index < -0.39 is 12.6 Å². The SMILES string of the molecule is O=C(COC(=O)c1c2c(nc3ccccc13)C(=Cc1ccc(Cl)c(Cl)c1)CCC2)c1ccc2c(c1)OCCO2. The van der Waals surface area contributed by atoms with Gasteiger partial charge in [-0.05, 0) is 78.4 Å². The third-order valence-electron chi connectivity index (χ3n) is 6.86. The molecular formula is C31H23Cl2NO5. The Hall–Kier alpha value is -3.87. The molecule has 6 nitrogen and oxygen atoms in total. The van der Waals surface area contributed by atoms with Crippen molar-refractivity contribution in [1.82, 2.24) is 4.98 Å². The number of nitrogens with zero attached hydrogens (tertiary/aromatic N) is 1. The highest BCUT2D eigenvalue weighted by molar-refractivity contribution is 6.42. The molecule has 0 atom stereocenters. The van der Waals surface area contributed by atoms with Gasteiger partial charge in [-0.15, -0.1) is 0 Å². The van der Waals surface area contributed by atoms with E-state index in [1.807, 2.05) is 42.5 Å². The number of rotatable bonds is 5. The van der Waals surface area contributed by atoms with Crippen molar-refractivity contribution in [3.8, 4) is 11.5 Å². The number of ether oxygens (including phenoxy) is 3. The minimum atomic E-state index is -0.550. The van der Waals surface area contributed by atoms with Gasteiger partial charge in [0.25, 0.3) is 0 Å². The number of aromatic nitrogens is 1.